The van der Waals surface area contributed by atoms with Gasteiger partial charge in [-0.05, 0) is 36.4 Å². The second kappa shape index (κ2) is 10.7. The molecule has 6 nitrogen and oxygen atoms in total. The van der Waals surface area contributed by atoms with Gasteiger partial charge in [0.15, 0.2) is 11.0 Å². The van der Waals surface area contributed by atoms with E-state index in [-0.39, 0.29) is 30.6 Å². The molecule has 0 aliphatic rings. The number of carbonyl (C=O) groups is 1. The van der Waals surface area contributed by atoms with E-state index >= 15 is 0 Å². The molecule has 0 bridgehead atoms. The zero-order valence-electron chi connectivity index (χ0n) is 17.4. The molecule has 0 aliphatic carbocycles. The number of ether oxygens (including phenoxy) is 1. The van der Waals surface area contributed by atoms with Crippen LogP contribution in [0.15, 0.2) is 84.0 Å². The average molecular weight is 467 g/mol. The summed E-state index contributed by atoms with van der Waals surface area (Å²) in [5.41, 5.74) is 1.08. The van der Waals surface area contributed by atoms with Gasteiger partial charge in [-0.15, -0.1) is 10.2 Å². The maximum Gasteiger partial charge on any atom is 0.230 e. The predicted molar refractivity (Wildman–Crippen MR) is 122 cm³/mol. The second-order valence-electron chi connectivity index (χ2n) is 6.90. The number of para-hydroxylation sites is 1. The monoisotopic (exact) mass is 466 g/mol. The first kappa shape index (κ1) is 22.5. The van der Waals surface area contributed by atoms with Crippen molar-refractivity contribution >= 4 is 17.7 Å². The van der Waals surface area contributed by atoms with Crippen LogP contribution in [0, 0.1) is 11.6 Å². The van der Waals surface area contributed by atoms with Gasteiger partial charge in [0.1, 0.15) is 24.0 Å². The van der Waals surface area contributed by atoms with Crippen LogP contribution in [0.5, 0.6) is 5.75 Å². The van der Waals surface area contributed by atoms with Gasteiger partial charge in [0.05, 0.1) is 17.9 Å². The minimum Gasteiger partial charge on any atom is -0.492 e. The Balaban J connectivity index is 1.40. The molecule has 0 saturated carbocycles. The van der Waals surface area contributed by atoms with Crippen LogP contribution in [0.2, 0.25) is 0 Å². The summed E-state index contributed by atoms with van der Waals surface area (Å²) in [6.45, 7) is 0.471. The molecule has 1 heterocycles. The largest absolute Gasteiger partial charge is 0.492 e. The number of aromatic nitrogens is 3. The molecule has 9 heteroatoms. The fraction of sp³-hybridized carbons (Fsp3) is 0.125. The molecule has 0 saturated heterocycles. The van der Waals surface area contributed by atoms with E-state index in [1.165, 1.54) is 30.0 Å². The second-order valence-corrected chi connectivity index (χ2v) is 7.84. The Kier molecular flexibility index (Phi) is 7.31. The molecule has 4 rings (SSSR count). The minimum atomic E-state index is -0.408. The van der Waals surface area contributed by atoms with Crippen molar-refractivity contribution in [2.24, 2.45) is 0 Å². The molecule has 1 aromatic heterocycles. The molecule has 0 fully saturated rings. The topological polar surface area (TPSA) is 69.0 Å². The Hall–Kier alpha value is -3.72. The Morgan fingerprint density at radius 3 is 2.55 bits per heavy atom. The van der Waals surface area contributed by atoms with Crippen LogP contribution in [0.25, 0.3) is 17.1 Å². The van der Waals surface area contributed by atoms with Gasteiger partial charge in [-0.1, -0.05) is 48.2 Å². The van der Waals surface area contributed by atoms with Crippen molar-refractivity contribution in [3.8, 4) is 22.8 Å². The fourth-order valence-electron chi connectivity index (χ4n) is 3.09. The number of nitrogens with one attached hydrogen (secondary N) is 1. The summed E-state index contributed by atoms with van der Waals surface area (Å²) in [6.07, 6.45) is 0. The van der Waals surface area contributed by atoms with Gasteiger partial charge >= 0.3 is 0 Å². The Labute approximate surface area is 193 Å². The number of carbonyl (C=O) groups excluding carboxylic acids is 1. The van der Waals surface area contributed by atoms with E-state index in [4.69, 9.17) is 4.74 Å². The summed E-state index contributed by atoms with van der Waals surface area (Å²) < 4.78 is 34.7. The lowest BCUT2D eigenvalue weighted by Crippen LogP contribution is -2.29. The van der Waals surface area contributed by atoms with Crippen LogP contribution in [-0.4, -0.2) is 39.6 Å². The maximum absolute atomic E-state index is 14.4. The molecule has 1 amide bonds. The zero-order chi connectivity index (χ0) is 23.0. The van der Waals surface area contributed by atoms with Crippen molar-refractivity contribution in [3.05, 3.63) is 90.5 Å². The van der Waals surface area contributed by atoms with E-state index in [1.54, 1.807) is 34.9 Å². The van der Waals surface area contributed by atoms with Crippen LogP contribution < -0.4 is 10.1 Å². The van der Waals surface area contributed by atoms with E-state index in [9.17, 15) is 13.6 Å². The first-order valence-corrected chi connectivity index (χ1v) is 11.1. The van der Waals surface area contributed by atoms with Gasteiger partial charge in [-0.3, -0.25) is 9.36 Å². The van der Waals surface area contributed by atoms with Crippen molar-refractivity contribution in [1.82, 2.24) is 20.1 Å². The molecular formula is C24H20F2N4O2S. The van der Waals surface area contributed by atoms with Crippen molar-refractivity contribution in [2.45, 2.75) is 5.16 Å². The Morgan fingerprint density at radius 1 is 0.970 bits per heavy atom. The summed E-state index contributed by atoms with van der Waals surface area (Å²) in [6, 6.07) is 21.5. The number of halogens is 2. The highest BCUT2D eigenvalue weighted by molar-refractivity contribution is 7.99. The van der Waals surface area contributed by atoms with Gasteiger partial charge in [-0.25, -0.2) is 8.78 Å². The summed E-state index contributed by atoms with van der Waals surface area (Å²) in [5, 5.41) is 11.6. The Morgan fingerprint density at radius 2 is 1.76 bits per heavy atom. The van der Waals surface area contributed by atoms with E-state index in [1.807, 2.05) is 30.3 Å². The molecule has 0 radical (unpaired) electrons. The van der Waals surface area contributed by atoms with E-state index in [0.29, 0.717) is 22.3 Å². The first-order valence-electron chi connectivity index (χ1n) is 10.2. The van der Waals surface area contributed by atoms with Crippen molar-refractivity contribution in [1.29, 1.82) is 0 Å². The van der Waals surface area contributed by atoms with Crippen LogP contribution in [0.1, 0.15) is 0 Å². The third-order valence-electron chi connectivity index (χ3n) is 4.58. The number of benzene rings is 3. The van der Waals surface area contributed by atoms with Gasteiger partial charge in [-0.2, -0.15) is 0 Å². The third-order valence-corrected chi connectivity index (χ3v) is 5.51. The van der Waals surface area contributed by atoms with E-state index in [2.05, 4.69) is 15.5 Å². The number of nitrogens with zero attached hydrogens (tertiary/aromatic N) is 3. The van der Waals surface area contributed by atoms with Crippen LogP contribution in [0.3, 0.4) is 0 Å². The molecular weight excluding hydrogens is 446 g/mol. The number of rotatable bonds is 9. The lowest BCUT2D eigenvalue weighted by molar-refractivity contribution is -0.118. The quantitative estimate of drug-likeness (QED) is 0.291. The maximum atomic E-state index is 14.4. The van der Waals surface area contributed by atoms with Gasteiger partial charge in [0, 0.05) is 11.8 Å². The van der Waals surface area contributed by atoms with E-state index in [0.717, 1.165) is 5.69 Å². The molecule has 1 N–H and O–H groups in total. The molecule has 3 aromatic carbocycles. The molecule has 33 heavy (non-hydrogen) atoms. The number of hydrogen-bond donors (Lipinski definition) is 1. The summed E-state index contributed by atoms with van der Waals surface area (Å²) in [5.74, 6) is -0.180. The molecule has 0 atom stereocenters. The summed E-state index contributed by atoms with van der Waals surface area (Å²) in [7, 11) is 0. The van der Waals surface area contributed by atoms with Crippen LogP contribution in [-0.2, 0) is 4.79 Å². The van der Waals surface area contributed by atoms with Gasteiger partial charge < -0.3 is 10.1 Å². The molecule has 0 spiro atoms. The lowest BCUT2D eigenvalue weighted by atomic mass is 10.2. The smallest absolute Gasteiger partial charge is 0.230 e. The highest BCUT2D eigenvalue weighted by Crippen LogP contribution is 2.29. The van der Waals surface area contributed by atoms with Crippen molar-refractivity contribution in [3.63, 3.8) is 0 Å². The van der Waals surface area contributed by atoms with Crippen molar-refractivity contribution < 1.29 is 18.3 Å². The molecule has 4 aromatic rings. The fourth-order valence-corrected chi connectivity index (χ4v) is 3.87. The number of thioether (sulfide) groups is 1. The highest BCUT2D eigenvalue weighted by Gasteiger charge is 2.19. The molecule has 0 aliphatic heterocycles. The first-order chi connectivity index (χ1) is 16.1. The normalized spacial score (nSPS) is 10.7. The average Bonchev–Trinajstić information content (AvgIpc) is 3.25. The Bertz CT molecular complexity index is 1230. The van der Waals surface area contributed by atoms with Crippen LogP contribution in [0.4, 0.5) is 8.78 Å². The predicted octanol–water partition coefficient (Wildman–Crippen LogP) is 4.50. The van der Waals surface area contributed by atoms with Gasteiger partial charge in [0.25, 0.3) is 0 Å². The van der Waals surface area contributed by atoms with Crippen molar-refractivity contribution in [2.75, 3.05) is 18.9 Å². The zero-order valence-corrected chi connectivity index (χ0v) is 18.3. The lowest BCUT2D eigenvalue weighted by Gasteiger charge is -2.11. The SMILES string of the molecule is O=C(CSc1nnc(-c2ccccc2F)n1-c1ccccc1)NCCOc1cccc(F)c1. The third kappa shape index (κ3) is 5.75. The molecule has 168 valence electrons. The summed E-state index contributed by atoms with van der Waals surface area (Å²) in [4.78, 5) is 12.3. The standard InChI is InChI=1S/C24H20F2N4O2S/c25-17-7-6-10-19(15-17)32-14-13-27-22(31)16-33-24-29-28-23(20-11-4-5-12-21(20)26)30(24)18-8-2-1-3-9-18/h1-12,15H,13-14,16H2,(H,27,31). The molecule has 0 unspecified atom stereocenters. The van der Waals surface area contributed by atoms with Crippen LogP contribution >= 0.6 is 11.8 Å². The number of hydrogen-bond acceptors (Lipinski definition) is 5. The van der Waals surface area contributed by atoms with Gasteiger partial charge in [0.2, 0.25) is 5.91 Å². The number of amides is 1. The summed E-state index contributed by atoms with van der Waals surface area (Å²) >= 11 is 1.19. The minimum absolute atomic E-state index is 0.0855. The highest BCUT2D eigenvalue weighted by atomic mass is 32.2. The van der Waals surface area contributed by atoms with E-state index < -0.39 is 5.82 Å².